The predicted octanol–water partition coefficient (Wildman–Crippen LogP) is 3.63. The fourth-order valence-corrected chi connectivity index (χ4v) is 5.46. The number of nitrogens with zero attached hydrogens (tertiary/aromatic N) is 2. The number of hydrogen-bond donors (Lipinski definition) is 2. The average molecular weight is 553 g/mol. The number of benzene rings is 2. The van der Waals surface area contributed by atoms with Gasteiger partial charge in [0.05, 0.1) is 0 Å². The van der Waals surface area contributed by atoms with Crippen molar-refractivity contribution in [1.29, 1.82) is 0 Å². The van der Waals surface area contributed by atoms with Crippen LogP contribution in [0.15, 0.2) is 24.3 Å². The second-order valence-electron chi connectivity index (χ2n) is 11.1. The SMILES string of the molecule is Cc1cc(C)c(OCC(=O)NCCCN2CCN(CCCNC(=O)COc3c(C)cc(C)cc3C)CC2)c(C)c1. The summed E-state index contributed by atoms with van der Waals surface area (Å²) in [6.45, 7) is 19.6. The van der Waals surface area contributed by atoms with E-state index in [9.17, 15) is 9.59 Å². The maximum Gasteiger partial charge on any atom is 0.257 e. The number of carbonyl (C=O) groups is 2. The van der Waals surface area contributed by atoms with Gasteiger partial charge in [-0.2, -0.15) is 0 Å². The highest BCUT2D eigenvalue weighted by atomic mass is 16.5. The van der Waals surface area contributed by atoms with Gasteiger partial charge < -0.3 is 29.9 Å². The van der Waals surface area contributed by atoms with Gasteiger partial charge in [0.1, 0.15) is 11.5 Å². The van der Waals surface area contributed by atoms with Gasteiger partial charge in [0, 0.05) is 39.3 Å². The van der Waals surface area contributed by atoms with E-state index in [1.54, 1.807) is 0 Å². The summed E-state index contributed by atoms with van der Waals surface area (Å²) in [4.78, 5) is 29.3. The van der Waals surface area contributed by atoms with Crippen molar-refractivity contribution in [2.45, 2.75) is 54.4 Å². The molecule has 3 rings (SSSR count). The molecule has 0 aliphatic carbocycles. The Bertz CT molecular complexity index is 1010. The Balaban J connectivity index is 1.20. The van der Waals surface area contributed by atoms with E-state index >= 15 is 0 Å². The van der Waals surface area contributed by atoms with Crippen molar-refractivity contribution in [2.75, 3.05) is 65.6 Å². The van der Waals surface area contributed by atoms with Gasteiger partial charge >= 0.3 is 0 Å². The minimum Gasteiger partial charge on any atom is -0.483 e. The van der Waals surface area contributed by atoms with Gasteiger partial charge in [0.15, 0.2) is 13.2 Å². The third-order valence-electron chi connectivity index (χ3n) is 7.32. The second-order valence-corrected chi connectivity index (χ2v) is 11.1. The number of amides is 2. The highest BCUT2D eigenvalue weighted by Crippen LogP contribution is 2.25. The molecule has 2 aromatic carbocycles. The Labute approximate surface area is 240 Å². The molecule has 2 amide bonds. The lowest BCUT2D eigenvalue weighted by atomic mass is 10.1. The molecule has 0 unspecified atom stereocenters. The summed E-state index contributed by atoms with van der Waals surface area (Å²) in [5.74, 6) is 1.45. The Hall–Kier alpha value is -3.10. The second kappa shape index (κ2) is 15.6. The molecule has 1 fully saturated rings. The third kappa shape index (κ3) is 10.1. The van der Waals surface area contributed by atoms with Crippen molar-refractivity contribution in [2.24, 2.45) is 0 Å². The molecule has 1 saturated heterocycles. The van der Waals surface area contributed by atoms with Crippen LogP contribution < -0.4 is 20.1 Å². The van der Waals surface area contributed by atoms with E-state index in [1.807, 2.05) is 27.7 Å². The maximum absolute atomic E-state index is 12.2. The summed E-state index contributed by atoms with van der Waals surface area (Å²) in [7, 11) is 0. The number of hydrogen-bond acceptors (Lipinski definition) is 6. The molecule has 0 radical (unpaired) electrons. The Morgan fingerprint density at radius 2 is 0.950 bits per heavy atom. The highest BCUT2D eigenvalue weighted by molar-refractivity contribution is 5.78. The molecule has 40 heavy (non-hydrogen) atoms. The summed E-state index contributed by atoms with van der Waals surface area (Å²) >= 11 is 0. The molecule has 0 bridgehead atoms. The predicted molar refractivity (Wildman–Crippen MR) is 160 cm³/mol. The zero-order valence-electron chi connectivity index (χ0n) is 25.3. The monoisotopic (exact) mass is 552 g/mol. The lowest BCUT2D eigenvalue weighted by Gasteiger charge is -2.34. The number of nitrogens with one attached hydrogen (secondary N) is 2. The van der Waals surface area contributed by atoms with Crippen molar-refractivity contribution in [1.82, 2.24) is 20.4 Å². The molecule has 1 aliphatic rings. The number of ether oxygens (including phenoxy) is 2. The van der Waals surface area contributed by atoms with Crippen molar-refractivity contribution < 1.29 is 19.1 Å². The molecule has 1 heterocycles. The van der Waals surface area contributed by atoms with Crippen LogP contribution in [0.2, 0.25) is 0 Å². The van der Waals surface area contributed by atoms with Crippen LogP contribution in [0, 0.1) is 41.5 Å². The van der Waals surface area contributed by atoms with E-state index in [1.165, 1.54) is 11.1 Å². The van der Waals surface area contributed by atoms with Crippen LogP contribution in [0.5, 0.6) is 11.5 Å². The van der Waals surface area contributed by atoms with E-state index in [0.717, 1.165) is 85.9 Å². The zero-order valence-corrected chi connectivity index (χ0v) is 25.3. The van der Waals surface area contributed by atoms with Crippen molar-refractivity contribution in [3.63, 3.8) is 0 Å². The lowest BCUT2D eigenvalue weighted by Crippen LogP contribution is -2.47. The van der Waals surface area contributed by atoms with Crippen LogP contribution in [0.25, 0.3) is 0 Å². The summed E-state index contributed by atoms with van der Waals surface area (Å²) < 4.78 is 11.6. The fourth-order valence-electron chi connectivity index (χ4n) is 5.46. The number of carbonyl (C=O) groups excluding carboxylic acids is 2. The highest BCUT2D eigenvalue weighted by Gasteiger charge is 2.16. The normalized spacial score (nSPS) is 14.2. The molecular weight excluding hydrogens is 504 g/mol. The zero-order chi connectivity index (χ0) is 29.1. The summed E-state index contributed by atoms with van der Waals surface area (Å²) in [5, 5.41) is 5.95. The number of rotatable bonds is 14. The van der Waals surface area contributed by atoms with E-state index in [2.05, 4.69) is 58.5 Å². The lowest BCUT2D eigenvalue weighted by molar-refractivity contribution is -0.123. The van der Waals surface area contributed by atoms with Gasteiger partial charge in [-0.05, 0) is 89.7 Å². The molecule has 2 N–H and O–H groups in total. The van der Waals surface area contributed by atoms with Gasteiger partial charge in [-0.15, -0.1) is 0 Å². The number of aryl methyl sites for hydroxylation is 6. The van der Waals surface area contributed by atoms with Gasteiger partial charge in [-0.3, -0.25) is 9.59 Å². The molecule has 0 saturated carbocycles. The first-order valence-corrected chi connectivity index (χ1v) is 14.5. The molecule has 0 spiro atoms. The van der Waals surface area contributed by atoms with Gasteiger partial charge in [-0.25, -0.2) is 0 Å². The van der Waals surface area contributed by atoms with Crippen molar-refractivity contribution >= 4 is 11.8 Å². The molecule has 2 aromatic rings. The molecule has 0 aromatic heterocycles. The van der Waals surface area contributed by atoms with E-state index in [4.69, 9.17) is 9.47 Å². The van der Waals surface area contributed by atoms with Crippen LogP contribution in [0.1, 0.15) is 46.2 Å². The van der Waals surface area contributed by atoms with Gasteiger partial charge in [0.25, 0.3) is 11.8 Å². The maximum atomic E-state index is 12.2. The van der Waals surface area contributed by atoms with Crippen LogP contribution in [0.4, 0.5) is 0 Å². The molecule has 0 atom stereocenters. The van der Waals surface area contributed by atoms with E-state index in [-0.39, 0.29) is 25.0 Å². The average Bonchev–Trinajstić information content (AvgIpc) is 2.88. The van der Waals surface area contributed by atoms with E-state index < -0.39 is 0 Å². The van der Waals surface area contributed by atoms with Gasteiger partial charge in [0.2, 0.25) is 0 Å². The van der Waals surface area contributed by atoms with Crippen LogP contribution in [0.3, 0.4) is 0 Å². The first kappa shape index (κ1) is 31.4. The van der Waals surface area contributed by atoms with Gasteiger partial charge in [-0.1, -0.05) is 35.4 Å². The molecule has 8 heteroatoms. The molecule has 220 valence electrons. The smallest absolute Gasteiger partial charge is 0.257 e. The minimum absolute atomic E-state index is 0.0446. The molecule has 1 aliphatic heterocycles. The summed E-state index contributed by atoms with van der Waals surface area (Å²) in [6, 6.07) is 8.29. The topological polar surface area (TPSA) is 83.1 Å². The van der Waals surface area contributed by atoms with Crippen LogP contribution >= 0.6 is 0 Å². The third-order valence-corrected chi connectivity index (χ3v) is 7.32. The Kier molecular flexibility index (Phi) is 12.3. The Morgan fingerprint density at radius 1 is 0.625 bits per heavy atom. The quantitative estimate of drug-likeness (QED) is 0.349. The largest absolute Gasteiger partial charge is 0.483 e. The summed E-state index contributed by atoms with van der Waals surface area (Å²) in [6.07, 6.45) is 1.84. The standard InChI is InChI=1S/C32H48N4O4/c1-23-17-25(3)31(26(4)18-23)39-21-29(37)33-9-7-11-35-13-15-36(16-14-35)12-8-10-34-30(38)22-40-32-27(5)19-24(2)20-28(32)6/h17-20H,7-16,21-22H2,1-6H3,(H,33,37)(H,34,38). The Morgan fingerprint density at radius 3 is 1.27 bits per heavy atom. The van der Waals surface area contributed by atoms with Crippen LogP contribution in [-0.4, -0.2) is 87.2 Å². The summed E-state index contributed by atoms with van der Waals surface area (Å²) in [5.41, 5.74) is 6.63. The van der Waals surface area contributed by atoms with E-state index in [0.29, 0.717) is 13.1 Å². The van der Waals surface area contributed by atoms with Crippen LogP contribution in [-0.2, 0) is 9.59 Å². The van der Waals surface area contributed by atoms with Crippen molar-refractivity contribution in [3.05, 3.63) is 57.6 Å². The number of piperazine rings is 1. The van der Waals surface area contributed by atoms with Crippen molar-refractivity contribution in [3.8, 4) is 11.5 Å². The molecule has 8 nitrogen and oxygen atoms in total. The molecular formula is C32H48N4O4. The fraction of sp³-hybridized carbons (Fsp3) is 0.562. The minimum atomic E-state index is -0.0803. The first-order valence-electron chi connectivity index (χ1n) is 14.5. The first-order chi connectivity index (χ1) is 19.1.